The number of nitrogens with two attached hydrogens (primary N) is 1. The van der Waals surface area contributed by atoms with Crippen LogP contribution >= 0.6 is 11.6 Å². The minimum absolute atomic E-state index is 0.212. The zero-order valence-corrected chi connectivity index (χ0v) is 12.6. The van der Waals surface area contributed by atoms with E-state index in [2.05, 4.69) is 10.1 Å². The first-order chi connectivity index (χ1) is 9.37. The number of carbonyl (C=O) groups is 2. The van der Waals surface area contributed by atoms with Crippen molar-refractivity contribution < 1.29 is 14.3 Å². The molecular formula is C14H19ClN2O3. The fraction of sp³-hybridized carbons (Fsp3) is 0.429. The standard InChI is InChI=1S/C14H19ClN2O3/c1-4-14(2,8-16)13(19)17-11-6-5-9(15)7-10(11)12(18)20-3/h5-7H,4,8,16H2,1-3H3,(H,17,19). The molecule has 0 saturated heterocycles. The molecule has 0 heterocycles. The van der Waals surface area contributed by atoms with Gasteiger partial charge in [-0.3, -0.25) is 4.79 Å². The second kappa shape index (κ2) is 6.72. The maximum absolute atomic E-state index is 12.3. The summed E-state index contributed by atoms with van der Waals surface area (Å²) in [6, 6.07) is 4.61. The number of hydrogen-bond acceptors (Lipinski definition) is 4. The van der Waals surface area contributed by atoms with Crippen molar-refractivity contribution in [2.75, 3.05) is 19.0 Å². The Balaban J connectivity index is 3.09. The number of nitrogens with one attached hydrogen (secondary N) is 1. The van der Waals surface area contributed by atoms with Crippen molar-refractivity contribution in [3.8, 4) is 0 Å². The molecule has 0 aliphatic heterocycles. The summed E-state index contributed by atoms with van der Waals surface area (Å²) in [7, 11) is 1.27. The van der Waals surface area contributed by atoms with Crippen LogP contribution in [0.5, 0.6) is 0 Å². The Morgan fingerprint density at radius 3 is 2.60 bits per heavy atom. The van der Waals surface area contributed by atoms with Crippen LogP contribution in [-0.2, 0) is 9.53 Å². The summed E-state index contributed by atoms with van der Waals surface area (Å²) in [6.07, 6.45) is 0.594. The minimum atomic E-state index is -0.687. The van der Waals surface area contributed by atoms with Crippen LogP contribution in [0.15, 0.2) is 18.2 Å². The summed E-state index contributed by atoms with van der Waals surface area (Å²) in [6.45, 7) is 3.88. The van der Waals surface area contributed by atoms with Crippen LogP contribution in [-0.4, -0.2) is 25.5 Å². The summed E-state index contributed by atoms with van der Waals surface area (Å²) in [5.41, 5.74) is 5.53. The lowest BCUT2D eigenvalue weighted by atomic mass is 9.86. The fourth-order valence-electron chi connectivity index (χ4n) is 1.58. The monoisotopic (exact) mass is 298 g/mol. The van der Waals surface area contributed by atoms with Gasteiger partial charge in [0.05, 0.1) is 23.8 Å². The Hall–Kier alpha value is -1.59. The first-order valence-electron chi connectivity index (χ1n) is 6.27. The minimum Gasteiger partial charge on any atom is -0.465 e. The molecular weight excluding hydrogens is 280 g/mol. The molecule has 6 heteroatoms. The van der Waals surface area contributed by atoms with Crippen molar-refractivity contribution >= 4 is 29.2 Å². The summed E-state index contributed by atoms with van der Waals surface area (Å²) in [5.74, 6) is -0.802. The molecule has 0 saturated carbocycles. The smallest absolute Gasteiger partial charge is 0.340 e. The van der Waals surface area contributed by atoms with Crippen molar-refractivity contribution in [1.82, 2.24) is 0 Å². The number of halogens is 1. The van der Waals surface area contributed by atoms with E-state index in [1.54, 1.807) is 19.1 Å². The molecule has 0 aliphatic carbocycles. The van der Waals surface area contributed by atoms with Gasteiger partial charge in [-0.15, -0.1) is 0 Å². The molecule has 0 aromatic heterocycles. The zero-order valence-electron chi connectivity index (χ0n) is 11.8. The summed E-state index contributed by atoms with van der Waals surface area (Å²) in [4.78, 5) is 24.0. The molecule has 1 amide bonds. The number of methoxy groups -OCH3 is 1. The Labute approximate surface area is 123 Å². The van der Waals surface area contributed by atoms with Gasteiger partial charge < -0.3 is 15.8 Å². The van der Waals surface area contributed by atoms with Crippen LogP contribution in [0.25, 0.3) is 0 Å². The predicted molar refractivity (Wildman–Crippen MR) is 78.9 cm³/mol. The van der Waals surface area contributed by atoms with Crippen molar-refractivity contribution in [3.63, 3.8) is 0 Å². The molecule has 0 aliphatic rings. The van der Waals surface area contributed by atoms with Crippen molar-refractivity contribution in [2.45, 2.75) is 20.3 Å². The van der Waals surface area contributed by atoms with Gasteiger partial charge in [0.15, 0.2) is 0 Å². The van der Waals surface area contributed by atoms with E-state index in [1.807, 2.05) is 6.92 Å². The average molecular weight is 299 g/mol. The zero-order chi connectivity index (χ0) is 15.3. The maximum Gasteiger partial charge on any atom is 0.340 e. The predicted octanol–water partition coefficient (Wildman–Crippen LogP) is 2.44. The third kappa shape index (κ3) is 3.49. The Morgan fingerprint density at radius 1 is 1.45 bits per heavy atom. The largest absolute Gasteiger partial charge is 0.465 e. The topological polar surface area (TPSA) is 81.4 Å². The van der Waals surface area contributed by atoms with Crippen LogP contribution in [0, 0.1) is 5.41 Å². The molecule has 1 unspecified atom stereocenters. The Kier molecular flexibility index (Phi) is 5.53. The highest BCUT2D eigenvalue weighted by atomic mass is 35.5. The van der Waals surface area contributed by atoms with Gasteiger partial charge in [-0.05, 0) is 31.5 Å². The molecule has 0 fully saturated rings. The first-order valence-corrected chi connectivity index (χ1v) is 6.65. The number of hydrogen-bond donors (Lipinski definition) is 2. The molecule has 0 spiro atoms. The highest BCUT2D eigenvalue weighted by Crippen LogP contribution is 2.26. The van der Waals surface area contributed by atoms with E-state index < -0.39 is 11.4 Å². The van der Waals surface area contributed by atoms with E-state index >= 15 is 0 Å². The lowest BCUT2D eigenvalue weighted by Crippen LogP contribution is -2.39. The second-order valence-electron chi connectivity index (χ2n) is 4.75. The van der Waals surface area contributed by atoms with E-state index in [-0.39, 0.29) is 18.0 Å². The Bertz CT molecular complexity index is 513. The van der Waals surface area contributed by atoms with Crippen LogP contribution in [0.4, 0.5) is 5.69 Å². The second-order valence-corrected chi connectivity index (χ2v) is 5.19. The number of benzene rings is 1. The molecule has 20 heavy (non-hydrogen) atoms. The molecule has 3 N–H and O–H groups in total. The number of rotatable bonds is 5. The molecule has 1 aromatic carbocycles. The number of esters is 1. The van der Waals surface area contributed by atoms with Gasteiger partial charge in [0.25, 0.3) is 0 Å². The third-order valence-corrected chi connectivity index (χ3v) is 3.65. The van der Waals surface area contributed by atoms with Gasteiger partial charge in [0, 0.05) is 11.6 Å². The highest BCUT2D eigenvalue weighted by molar-refractivity contribution is 6.31. The fourth-order valence-corrected chi connectivity index (χ4v) is 1.75. The van der Waals surface area contributed by atoms with Crippen molar-refractivity contribution in [1.29, 1.82) is 0 Å². The normalized spacial score (nSPS) is 13.4. The number of carbonyl (C=O) groups excluding carboxylic acids is 2. The molecule has 0 bridgehead atoms. The molecule has 5 nitrogen and oxygen atoms in total. The van der Waals surface area contributed by atoms with E-state index in [0.717, 1.165) is 0 Å². The molecule has 110 valence electrons. The van der Waals surface area contributed by atoms with Gasteiger partial charge in [-0.2, -0.15) is 0 Å². The van der Waals surface area contributed by atoms with Crippen molar-refractivity contribution in [3.05, 3.63) is 28.8 Å². The van der Waals surface area contributed by atoms with E-state index in [4.69, 9.17) is 17.3 Å². The number of anilines is 1. The van der Waals surface area contributed by atoms with Crippen LogP contribution in [0.1, 0.15) is 30.6 Å². The average Bonchev–Trinajstić information content (AvgIpc) is 2.47. The number of amides is 1. The van der Waals surface area contributed by atoms with Gasteiger partial charge in [-0.25, -0.2) is 4.79 Å². The van der Waals surface area contributed by atoms with Gasteiger partial charge >= 0.3 is 5.97 Å². The molecule has 1 atom stereocenters. The lowest BCUT2D eigenvalue weighted by Gasteiger charge is -2.25. The molecule has 1 rings (SSSR count). The van der Waals surface area contributed by atoms with Crippen LogP contribution in [0.3, 0.4) is 0 Å². The molecule has 1 aromatic rings. The van der Waals surface area contributed by atoms with E-state index in [1.165, 1.54) is 13.2 Å². The Morgan fingerprint density at radius 2 is 2.10 bits per heavy atom. The summed E-state index contributed by atoms with van der Waals surface area (Å²) < 4.78 is 4.68. The van der Waals surface area contributed by atoms with Gasteiger partial charge in [0.1, 0.15) is 0 Å². The van der Waals surface area contributed by atoms with Gasteiger partial charge in [-0.1, -0.05) is 18.5 Å². The highest BCUT2D eigenvalue weighted by Gasteiger charge is 2.30. The third-order valence-electron chi connectivity index (χ3n) is 3.41. The summed E-state index contributed by atoms with van der Waals surface area (Å²) >= 11 is 5.86. The van der Waals surface area contributed by atoms with Crippen LogP contribution in [0.2, 0.25) is 5.02 Å². The first kappa shape index (κ1) is 16.5. The molecule has 0 radical (unpaired) electrons. The van der Waals surface area contributed by atoms with Crippen molar-refractivity contribution in [2.24, 2.45) is 11.1 Å². The van der Waals surface area contributed by atoms with E-state index in [0.29, 0.717) is 17.1 Å². The lowest BCUT2D eigenvalue weighted by molar-refractivity contribution is -0.124. The summed E-state index contributed by atoms with van der Waals surface area (Å²) in [5, 5.41) is 3.11. The van der Waals surface area contributed by atoms with E-state index in [9.17, 15) is 9.59 Å². The maximum atomic E-state index is 12.3. The number of ether oxygens (including phenoxy) is 1. The van der Waals surface area contributed by atoms with Crippen LogP contribution < -0.4 is 11.1 Å². The quantitative estimate of drug-likeness (QED) is 0.818. The SMILES string of the molecule is CCC(C)(CN)C(=O)Nc1ccc(Cl)cc1C(=O)OC. The van der Waals surface area contributed by atoms with Gasteiger partial charge in [0.2, 0.25) is 5.91 Å².